The second-order valence-corrected chi connectivity index (χ2v) is 12.5. The topological polar surface area (TPSA) is 25.8 Å². The molecule has 2 nitrogen and oxygen atoms in total. The van der Waals surface area contributed by atoms with Gasteiger partial charge in [0, 0.05) is 42.1 Å². The Kier molecular flexibility index (Phi) is 6.03. The van der Waals surface area contributed by atoms with Crippen LogP contribution in [-0.4, -0.2) is 9.97 Å². The van der Waals surface area contributed by atoms with Gasteiger partial charge in [-0.05, 0) is 46.5 Å². The van der Waals surface area contributed by atoms with Crippen molar-refractivity contribution >= 4 is 53.3 Å². The van der Waals surface area contributed by atoms with Gasteiger partial charge in [0.05, 0.1) is 22.4 Å². The van der Waals surface area contributed by atoms with E-state index in [9.17, 15) is 0 Å². The first kappa shape index (κ1) is 25.8. The second kappa shape index (κ2) is 10.5. The normalized spacial score (nSPS) is 11.6. The molecule has 45 heavy (non-hydrogen) atoms. The molecule has 0 spiro atoms. The van der Waals surface area contributed by atoms with Crippen LogP contribution in [0.3, 0.4) is 0 Å². The summed E-state index contributed by atoms with van der Waals surface area (Å²) >= 11 is 1.87. The Morgan fingerprint density at radius 1 is 0.378 bits per heavy atom. The summed E-state index contributed by atoms with van der Waals surface area (Å²) in [6.07, 6.45) is 0. The molecule has 0 aliphatic carbocycles. The summed E-state index contributed by atoms with van der Waals surface area (Å²) in [6.45, 7) is 0. The summed E-state index contributed by atoms with van der Waals surface area (Å²) in [4.78, 5) is 10.4. The molecule has 210 valence electrons. The molecule has 3 heterocycles. The van der Waals surface area contributed by atoms with Crippen molar-refractivity contribution in [3.8, 4) is 44.8 Å². The van der Waals surface area contributed by atoms with Gasteiger partial charge in [0.1, 0.15) is 0 Å². The number of fused-ring (bicyclic) bond motifs is 6. The SMILES string of the molecule is c1ccc(-c2cccc(-c3ccc4ccc5ccc(-c6ccc(-c7cccc8c7sc7ccccc78)cc6)nc5c4n3)c2)cc1. The van der Waals surface area contributed by atoms with Crippen LogP contribution in [0, 0.1) is 0 Å². The third-order valence-electron chi connectivity index (χ3n) is 8.68. The van der Waals surface area contributed by atoms with E-state index in [2.05, 4.69) is 152 Å². The maximum absolute atomic E-state index is 5.19. The van der Waals surface area contributed by atoms with E-state index in [1.807, 2.05) is 17.4 Å². The Labute approximate surface area is 264 Å². The Morgan fingerprint density at radius 3 is 1.73 bits per heavy atom. The van der Waals surface area contributed by atoms with Gasteiger partial charge < -0.3 is 0 Å². The number of benzene rings is 6. The first-order valence-corrected chi connectivity index (χ1v) is 16.0. The fraction of sp³-hybridized carbons (Fsp3) is 0. The maximum Gasteiger partial charge on any atom is 0.0972 e. The van der Waals surface area contributed by atoms with Crippen LogP contribution in [0.25, 0.3) is 86.7 Å². The summed E-state index contributed by atoms with van der Waals surface area (Å²) in [5, 5.41) is 4.81. The van der Waals surface area contributed by atoms with Gasteiger partial charge in [-0.3, -0.25) is 0 Å². The van der Waals surface area contributed by atoms with Crippen molar-refractivity contribution < 1.29 is 0 Å². The molecule has 0 N–H and O–H groups in total. The molecule has 9 aromatic rings. The zero-order valence-electron chi connectivity index (χ0n) is 24.3. The standard InChI is InChI=1S/C42H26N2S/c1-2-8-27(9-3-1)32-10-6-11-33(26-32)38-25-23-31-21-20-30-22-24-37(43-40(30)41(31)44-38)29-18-16-28(17-19-29)34-13-7-14-36-35-12-4-5-15-39(35)45-42(34)36/h1-26H. The van der Waals surface area contributed by atoms with Crippen molar-refractivity contribution in [2.45, 2.75) is 0 Å². The average molecular weight is 591 g/mol. The van der Waals surface area contributed by atoms with Crippen LogP contribution in [0.1, 0.15) is 0 Å². The fourth-order valence-corrected chi connectivity index (χ4v) is 7.61. The summed E-state index contributed by atoms with van der Waals surface area (Å²) in [6, 6.07) is 56.0. The lowest BCUT2D eigenvalue weighted by molar-refractivity contribution is 1.36. The van der Waals surface area contributed by atoms with Crippen molar-refractivity contribution in [2.24, 2.45) is 0 Å². The van der Waals surface area contributed by atoms with Crippen LogP contribution in [0.5, 0.6) is 0 Å². The minimum Gasteiger partial charge on any atom is -0.245 e. The van der Waals surface area contributed by atoms with Crippen LogP contribution in [-0.2, 0) is 0 Å². The van der Waals surface area contributed by atoms with E-state index < -0.39 is 0 Å². The Bertz CT molecular complexity index is 2530. The van der Waals surface area contributed by atoms with Gasteiger partial charge in [-0.2, -0.15) is 0 Å². The molecule has 0 atom stereocenters. The van der Waals surface area contributed by atoms with Crippen LogP contribution in [0.15, 0.2) is 158 Å². The van der Waals surface area contributed by atoms with Gasteiger partial charge in [-0.1, -0.05) is 133 Å². The summed E-state index contributed by atoms with van der Waals surface area (Å²) in [5.41, 5.74) is 10.8. The Balaban J connectivity index is 1.11. The van der Waals surface area contributed by atoms with Gasteiger partial charge in [-0.15, -0.1) is 11.3 Å². The van der Waals surface area contributed by atoms with Gasteiger partial charge in [0.2, 0.25) is 0 Å². The van der Waals surface area contributed by atoms with E-state index >= 15 is 0 Å². The van der Waals surface area contributed by atoms with E-state index in [4.69, 9.17) is 9.97 Å². The van der Waals surface area contributed by atoms with E-state index in [-0.39, 0.29) is 0 Å². The number of nitrogens with zero attached hydrogens (tertiary/aromatic N) is 2. The molecule has 0 saturated carbocycles. The van der Waals surface area contributed by atoms with Crippen molar-refractivity contribution in [3.63, 3.8) is 0 Å². The molecule has 0 aliphatic rings. The largest absolute Gasteiger partial charge is 0.245 e. The number of aromatic nitrogens is 2. The Hall–Kier alpha value is -5.64. The lowest BCUT2D eigenvalue weighted by Crippen LogP contribution is -1.91. The van der Waals surface area contributed by atoms with Gasteiger partial charge in [0.25, 0.3) is 0 Å². The molecule has 0 unspecified atom stereocenters. The number of rotatable bonds is 4. The number of hydrogen-bond donors (Lipinski definition) is 0. The van der Waals surface area contributed by atoms with Gasteiger partial charge >= 0.3 is 0 Å². The molecule has 0 amide bonds. The molecule has 9 rings (SSSR count). The first-order chi connectivity index (χ1) is 22.3. The third-order valence-corrected chi connectivity index (χ3v) is 9.90. The smallest absolute Gasteiger partial charge is 0.0972 e. The fourth-order valence-electron chi connectivity index (χ4n) is 6.37. The van der Waals surface area contributed by atoms with Gasteiger partial charge in [-0.25, -0.2) is 9.97 Å². The minimum absolute atomic E-state index is 0.921. The lowest BCUT2D eigenvalue weighted by atomic mass is 10.00. The number of pyridine rings is 2. The molecule has 0 bridgehead atoms. The molecule has 0 saturated heterocycles. The summed E-state index contributed by atoms with van der Waals surface area (Å²) in [7, 11) is 0. The quantitative estimate of drug-likeness (QED) is 0.191. The van der Waals surface area contributed by atoms with Crippen molar-refractivity contribution in [1.29, 1.82) is 0 Å². The van der Waals surface area contributed by atoms with Gasteiger partial charge in [0.15, 0.2) is 0 Å². The molecule has 0 fully saturated rings. The van der Waals surface area contributed by atoms with Crippen molar-refractivity contribution in [1.82, 2.24) is 9.97 Å². The van der Waals surface area contributed by atoms with E-state index in [0.29, 0.717) is 0 Å². The molecular formula is C42H26N2S. The average Bonchev–Trinajstić information content (AvgIpc) is 3.51. The predicted molar refractivity (Wildman–Crippen MR) is 192 cm³/mol. The van der Waals surface area contributed by atoms with Crippen molar-refractivity contribution in [3.05, 3.63) is 158 Å². The molecule has 0 radical (unpaired) electrons. The van der Waals surface area contributed by atoms with E-state index in [1.54, 1.807) is 0 Å². The minimum atomic E-state index is 0.921. The van der Waals surface area contributed by atoms with E-state index in [1.165, 1.54) is 42.4 Å². The second-order valence-electron chi connectivity index (χ2n) is 11.4. The highest BCUT2D eigenvalue weighted by Gasteiger charge is 2.12. The van der Waals surface area contributed by atoms with Crippen LogP contribution >= 0.6 is 11.3 Å². The highest BCUT2D eigenvalue weighted by Crippen LogP contribution is 2.40. The monoisotopic (exact) mass is 590 g/mol. The van der Waals surface area contributed by atoms with Crippen LogP contribution in [0.2, 0.25) is 0 Å². The molecule has 6 aromatic carbocycles. The zero-order valence-corrected chi connectivity index (χ0v) is 25.1. The summed E-state index contributed by atoms with van der Waals surface area (Å²) in [5.74, 6) is 0. The van der Waals surface area contributed by atoms with E-state index in [0.717, 1.165) is 44.3 Å². The zero-order chi connectivity index (χ0) is 29.7. The highest BCUT2D eigenvalue weighted by molar-refractivity contribution is 7.26. The Morgan fingerprint density at radius 2 is 0.956 bits per heavy atom. The molecule has 3 aromatic heterocycles. The number of thiophene rings is 1. The highest BCUT2D eigenvalue weighted by atomic mass is 32.1. The third kappa shape index (κ3) is 4.48. The predicted octanol–water partition coefficient (Wildman–Crippen LogP) is 11.8. The molecule has 3 heteroatoms. The lowest BCUT2D eigenvalue weighted by Gasteiger charge is -2.10. The molecule has 0 aliphatic heterocycles. The van der Waals surface area contributed by atoms with Crippen LogP contribution in [0.4, 0.5) is 0 Å². The summed E-state index contributed by atoms with van der Waals surface area (Å²) < 4.78 is 2.66. The maximum atomic E-state index is 5.19. The van der Waals surface area contributed by atoms with Crippen LogP contribution < -0.4 is 0 Å². The first-order valence-electron chi connectivity index (χ1n) is 15.2. The van der Waals surface area contributed by atoms with Crippen molar-refractivity contribution in [2.75, 3.05) is 0 Å². The number of hydrogen-bond acceptors (Lipinski definition) is 3. The molecular weight excluding hydrogens is 565 g/mol.